The molecule has 66 valence electrons. The Hall–Kier alpha value is -1.84. The van der Waals surface area contributed by atoms with Crippen molar-refractivity contribution < 1.29 is 4.42 Å². The first-order chi connectivity index (χ1) is 6.27. The molecule has 0 saturated heterocycles. The first kappa shape index (κ1) is 7.79. The van der Waals surface area contributed by atoms with Crippen LogP contribution in [0, 0.1) is 6.92 Å². The van der Waals surface area contributed by atoms with Gasteiger partial charge in [0, 0.05) is 0 Å². The summed E-state index contributed by atoms with van der Waals surface area (Å²) in [6, 6.07) is 5.42. The summed E-state index contributed by atoms with van der Waals surface area (Å²) in [5.41, 5.74) is 7.17. The molecule has 2 aromatic heterocycles. The monoisotopic (exact) mass is 175 g/mol. The standard InChI is InChI=1S/C9H9N3O/c1-6-5-8(10)11-12-9(6)7-3-2-4-13-7/h2-5H,1H3,(H2,10,11). The number of anilines is 1. The maximum absolute atomic E-state index is 5.48. The van der Waals surface area contributed by atoms with Crippen LogP contribution in [0.4, 0.5) is 5.82 Å². The highest BCUT2D eigenvalue weighted by Gasteiger charge is 2.06. The predicted molar refractivity (Wildman–Crippen MR) is 48.9 cm³/mol. The van der Waals surface area contributed by atoms with Crippen LogP contribution in [0.3, 0.4) is 0 Å². The number of nitrogens with zero attached hydrogens (tertiary/aromatic N) is 2. The Kier molecular flexibility index (Phi) is 1.73. The van der Waals surface area contributed by atoms with Gasteiger partial charge in [-0.25, -0.2) is 0 Å². The zero-order valence-corrected chi connectivity index (χ0v) is 7.19. The molecular formula is C9H9N3O. The highest BCUT2D eigenvalue weighted by molar-refractivity contribution is 5.57. The summed E-state index contributed by atoms with van der Waals surface area (Å²) in [5, 5.41) is 7.72. The van der Waals surface area contributed by atoms with E-state index in [2.05, 4.69) is 10.2 Å². The van der Waals surface area contributed by atoms with E-state index in [-0.39, 0.29) is 0 Å². The van der Waals surface area contributed by atoms with Gasteiger partial charge in [-0.05, 0) is 30.7 Å². The fourth-order valence-electron chi connectivity index (χ4n) is 1.16. The molecule has 0 aliphatic carbocycles. The molecule has 4 heteroatoms. The van der Waals surface area contributed by atoms with E-state index in [0.29, 0.717) is 11.6 Å². The summed E-state index contributed by atoms with van der Waals surface area (Å²) >= 11 is 0. The average molecular weight is 175 g/mol. The first-order valence-electron chi connectivity index (χ1n) is 3.91. The summed E-state index contributed by atoms with van der Waals surface area (Å²) in [5.74, 6) is 1.14. The number of hydrogen-bond acceptors (Lipinski definition) is 4. The lowest BCUT2D eigenvalue weighted by atomic mass is 10.2. The Morgan fingerprint density at radius 3 is 2.85 bits per heavy atom. The molecule has 13 heavy (non-hydrogen) atoms. The maximum atomic E-state index is 5.48. The largest absolute Gasteiger partial charge is 0.463 e. The van der Waals surface area contributed by atoms with Crippen LogP contribution in [0.5, 0.6) is 0 Å². The van der Waals surface area contributed by atoms with E-state index in [4.69, 9.17) is 10.2 Å². The van der Waals surface area contributed by atoms with E-state index in [1.165, 1.54) is 0 Å². The van der Waals surface area contributed by atoms with Gasteiger partial charge >= 0.3 is 0 Å². The molecule has 0 aliphatic heterocycles. The Morgan fingerprint density at radius 1 is 1.38 bits per heavy atom. The van der Waals surface area contributed by atoms with E-state index >= 15 is 0 Å². The molecule has 2 rings (SSSR count). The van der Waals surface area contributed by atoms with E-state index < -0.39 is 0 Å². The third kappa shape index (κ3) is 1.38. The second-order valence-corrected chi connectivity index (χ2v) is 2.78. The summed E-state index contributed by atoms with van der Waals surface area (Å²) in [6.45, 7) is 1.92. The average Bonchev–Trinajstić information content (AvgIpc) is 2.56. The highest BCUT2D eigenvalue weighted by Crippen LogP contribution is 2.20. The minimum absolute atomic E-state index is 0.424. The Bertz CT molecular complexity index is 409. The Morgan fingerprint density at radius 2 is 2.23 bits per heavy atom. The molecular weight excluding hydrogens is 166 g/mol. The fraction of sp³-hybridized carbons (Fsp3) is 0.111. The highest BCUT2D eigenvalue weighted by atomic mass is 16.3. The predicted octanol–water partition coefficient (Wildman–Crippen LogP) is 1.63. The van der Waals surface area contributed by atoms with E-state index in [0.717, 1.165) is 11.3 Å². The minimum Gasteiger partial charge on any atom is -0.463 e. The van der Waals surface area contributed by atoms with Gasteiger partial charge in [0.05, 0.1) is 6.26 Å². The van der Waals surface area contributed by atoms with E-state index in [1.54, 1.807) is 12.3 Å². The van der Waals surface area contributed by atoms with Gasteiger partial charge in [-0.1, -0.05) is 0 Å². The molecule has 0 fully saturated rings. The van der Waals surface area contributed by atoms with Crippen molar-refractivity contribution in [3.63, 3.8) is 0 Å². The van der Waals surface area contributed by atoms with Crippen molar-refractivity contribution in [2.24, 2.45) is 0 Å². The molecule has 0 aliphatic rings. The molecule has 4 nitrogen and oxygen atoms in total. The number of rotatable bonds is 1. The molecule has 2 N–H and O–H groups in total. The molecule has 2 heterocycles. The molecule has 0 radical (unpaired) electrons. The van der Waals surface area contributed by atoms with Gasteiger partial charge in [-0.3, -0.25) is 0 Å². The molecule has 0 spiro atoms. The van der Waals surface area contributed by atoms with E-state index in [1.807, 2.05) is 19.1 Å². The topological polar surface area (TPSA) is 64.9 Å². The van der Waals surface area contributed by atoms with Crippen molar-refractivity contribution in [3.05, 3.63) is 30.0 Å². The number of furan rings is 1. The number of hydrogen-bond donors (Lipinski definition) is 1. The Balaban J connectivity index is 2.53. The lowest BCUT2D eigenvalue weighted by Gasteiger charge is -2.00. The quantitative estimate of drug-likeness (QED) is 0.715. The molecule has 0 unspecified atom stereocenters. The number of nitrogens with two attached hydrogens (primary N) is 1. The van der Waals surface area contributed by atoms with Gasteiger partial charge in [0.15, 0.2) is 5.76 Å². The summed E-state index contributed by atoms with van der Waals surface area (Å²) in [7, 11) is 0. The van der Waals surface area contributed by atoms with Crippen LogP contribution < -0.4 is 5.73 Å². The van der Waals surface area contributed by atoms with Crippen LogP contribution in [0.25, 0.3) is 11.5 Å². The van der Waals surface area contributed by atoms with Crippen LogP contribution in [0.2, 0.25) is 0 Å². The summed E-state index contributed by atoms with van der Waals surface area (Å²) < 4.78 is 5.20. The van der Waals surface area contributed by atoms with Crippen LogP contribution in [0.1, 0.15) is 5.56 Å². The Labute approximate surface area is 75.4 Å². The van der Waals surface area contributed by atoms with Crippen LogP contribution in [-0.4, -0.2) is 10.2 Å². The number of aryl methyl sites for hydroxylation is 1. The number of nitrogen functional groups attached to an aromatic ring is 1. The second kappa shape index (κ2) is 2.90. The van der Waals surface area contributed by atoms with E-state index in [9.17, 15) is 0 Å². The molecule has 0 saturated carbocycles. The maximum Gasteiger partial charge on any atom is 0.154 e. The summed E-state index contributed by atoms with van der Waals surface area (Å²) in [6.07, 6.45) is 1.60. The second-order valence-electron chi connectivity index (χ2n) is 2.78. The lowest BCUT2D eigenvalue weighted by Crippen LogP contribution is -1.96. The van der Waals surface area contributed by atoms with Gasteiger partial charge < -0.3 is 10.2 Å². The van der Waals surface area contributed by atoms with Crippen LogP contribution in [-0.2, 0) is 0 Å². The lowest BCUT2D eigenvalue weighted by molar-refractivity contribution is 0.578. The van der Waals surface area contributed by atoms with Crippen molar-refractivity contribution >= 4 is 5.82 Å². The van der Waals surface area contributed by atoms with Crippen molar-refractivity contribution in [1.82, 2.24) is 10.2 Å². The summed E-state index contributed by atoms with van der Waals surface area (Å²) in [4.78, 5) is 0. The third-order valence-electron chi connectivity index (χ3n) is 1.76. The van der Waals surface area contributed by atoms with Crippen LogP contribution in [0.15, 0.2) is 28.9 Å². The van der Waals surface area contributed by atoms with Crippen molar-refractivity contribution in [1.29, 1.82) is 0 Å². The van der Waals surface area contributed by atoms with Gasteiger partial charge in [0.25, 0.3) is 0 Å². The van der Waals surface area contributed by atoms with Crippen molar-refractivity contribution in [3.8, 4) is 11.5 Å². The van der Waals surface area contributed by atoms with Gasteiger partial charge in [-0.15, -0.1) is 10.2 Å². The van der Waals surface area contributed by atoms with Gasteiger partial charge in [0.1, 0.15) is 11.5 Å². The zero-order chi connectivity index (χ0) is 9.26. The molecule has 0 atom stereocenters. The molecule has 0 aromatic carbocycles. The van der Waals surface area contributed by atoms with Crippen molar-refractivity contribution in [2.75, 3.05) is 5.73 Å². The smallest absolute Gasteiger partial charge is 0.154 e. The fourth-order valence-corrected chi connectivity index (χ4v) is 1.16. The molecule has 2 aromatic rings. The molecule has 0 amide bonds. The van der Waals surface area contributed by atoms with Gasteiger partial charge in [0.2, 0.25) is 0 Å². The normalized spacial score (nSPS) is 10.2. The van der Waals surface area contributed by atoms with Crippen LogP contribution >= 0.6 is 0 Å². The minimum atomic E-state index is 0.424. The SMILES string of the molecule is Cc1cc(N)nnc1-c1ccco1. The zero-order valence-electron chi connectivity index (χ0n) is 7.19. The first-order valence-corrected chi connectivity index (χ1v) is 3.91. The number of aromatic nitrogens is 2. The molecule has 0 bridgehead atoms. The van der Waals surface area contributed by atoms with Crippen molar-refractivity contribution in [2.45, 2.75) is 6.92 Å². The van der Waals surface area contributed by atoms with Gasteiger partial charge in [-0.2, -0.15) is 0 Å². The third-order valence-corrected chi connectivity index (χ3v) is 1.76.